The zero-order valence-corrected chi connectivity index (χ0v) is 9.73. The van der Waals surface area contributed by atoms with Gasteiger partial charge in [0, 0.05) is 12.2 Å². The zero-order chi connectivity index (χ0) is 12.4. The van der Waals surface area contributed by atoms with Crippen LogP contribution in [0.3, 0.4) is 0 Å². The fraction of sp³-hybridized carbons (Fsp3) is 0.250. The van der Waals surface area contributed by atoms with Crippen LogP contribution in [0.15, 0.2) is 24.4 Å². The number of aromatic amines is 1. The van der Waals surface area contributed by atoms with E-state index in [0.29, 0.717) is 0 Å². The molecule has 0 aliphatic carbocycles. The van der Waals surface area contributed by atoms with Crippen molar-refractivity contribution >= 4 is 11.6 Å². The molecule has 1 aliphatic rings. The molecule has 2 heterocycles. The molecule has 0 radical (unpaired) electrons. The lowest BCUT2D eigenvalue weighted by Crippen LogP contribution is -2.23. The largest absolute Gasteiger partial charge is 0.321 e. The second-order valence-corrected chi connectivity index (χ2v) is 4.22. The molecule has 0 fully saturated rings. The number of nitrogens with one attached hydrogen (secondary N) is 3. The Morgan fingerprint density at radius 1 is 1.33 bits per heavy atom. The lowest BCUT2D eigenvalue weighted by Gasteiger charge is -2.17. The van der Waals surface area contributed by atoms with Gasteiger partial charge in [-0.2, -0.15) is 15.4 Å². The predicted molar refractivity (Wildman–Crippen MR) is 66.2 cm³/mol. The smallest absolute Gasteiger partial charge is 0.277 e. The van der Waals surface area contributed by atoms with Crippen molar-refractivity contribution in [3.63, 3.8) is 0 Å². The Balaban J connectivity index is 1.79. The van der Waals surface area contributed by atoms with Crippen LogP contribution in [-0.4, -0.2) is 27.9 Å². The average molecular weight is 243 g/mol. The number of aromatic nitrogens is 3. The molecule has 1 amide bonds. The number of carbonyl (C=O) groups is 1. The first kappa shape index (κ1) is 10.9. The van der Waals surface area contributed by atoms with E-state index in [1.807, 2.05) is 12.1 Å². The second-order valence-electron chi connectivity index (χ2n) is 4.22. The quantitative estimate of drug-likeness (QED) is 0.725. The number of H-pyrrole nitrogens is 1. The molecule has 0 spiro atoms. The van der Waals surface area contributed by atoms with Crippen LogP contribution in [0.5, 0.6) is 0 Å². The Morgan fingerprint density at radius 3 is 3.11 bits per heavy atom. The highest BCUT2D eigenvalue weighted by molar-refractivity contribution is 6.02. The maximum absolute atomic E-state index is 11.8. The van der Waals surface area contributed by atoms with E-state index in [1.165, 1.54) is 17.3 Å². The summed E-state index contributed by atoms with van der Waals surface area (Å²) in [6, 6.07) is 5.98. The van der Waals surface area contributed by atoms with Crippen LogP contribution in [-0.2, 0) is 13.0 Å². The molecule has 6 heteroatoms. The molecule has 0 saturated carbocycles. The summed E-state index contributed by atoms with van der Waals surface area (Å²) in [6.45, 7) is 1.86. The first-order chi connectivity index (χ1) is 8.83. The van der Waals surface area contributed by atoms with Crippen molar-refractivity contribution in [3.05, 3.63) is 41.2 Å². The lowest BCUT2D eigenvalue weighted by atomic mass is 10.0. The van der Waals surface area contributed by atoms with Gasteiger partial charge in [-0.05, 0) is 36.2 Å². The number of hydrogen-bond donors (Lipinski definition) is 3. The Hall–Kier alpha value is -2.21. The van der Waals surface area contributed by atoms with Gasteiger partial charge in [0.2, 0.25) is 0 Å². The SMILES string of the molecule is O=C(Nc1ccc2c(c1)CNCC2)c1cn[nH]n1. The van der Waals surface area contributed by atoms with Gasteiger partial charge in [-0.1, -0.05) is 6.07 Å². The van der Waals surface area contributed by atoms with E-state index in [1.54, 1.807) is 0 Å². The molecular formula is C12H13N5O. The summed E-state index contributed by atoms with van der Waals surface area (Å²) in [7, 11) is 0. The fourth-order valence-electron chi connectivity index (χ4n) is 2.06. The van der Waals surface area contributed by atoms with Crippen molar-refractivity contribution in [2.75, 3.05) is 11.9 Å². The minimum Gasteiger partial charge on any atom is -0.321 e. The predicted octanol–water partition coefficient (Wildman–Crippen LogP) is 0.703. The molecule has 3 N–H and O–H groups in total. The van der Waals surface area contributed by atoms with Gasteiger partial charge in [0.25, 0.3) is 5.91 Å². The highest BCUT2D eigenvalue weighted by Gasteiger charge is 2.12. The van der Waals surface area contributed by atoms with Gasteiger partial charge in [-0.25, -0.2) is 0 Å². The third-order valence-corrected chi connectivity index (χ3v) is 3.00. The summed E-state index contributed by atoms with van der Waals surface area (Å²) < 4.78 is 0. The summed E-state index contributed by atoms with van der Waals surface area (Å²) in [5.41, 5.74) is 3.64. The number of benzene rings is 1. The van der Waals surface area contributed by atoms with Crippen molar-refractivity contribution in [1.29, 1.82) is 0 Å². The van der Waals surface area contributed by atoms with Gasteiger partial charge in [-0.3, -0.25) is 4.79 Å². The highest BCUT2D eigenvalue weighted by Crippen LogP contribution is 2.19. The Labute approximate surface area is 104 Å². The van der Waals surface area contributed by atoms with Crippen LogP contribution in [0.25, 0.3) is 0 Å². The summed E-state index contributed by atoms with van der Waals surface area (Å²) in [5.74, 6) is -0.257. The standard InChI is InChI=1S/C12H13N5O/c18-12(11-7-14-17-16-11)15-10-2-1-8-3-4-13-6-9(8)5-10/h1-2,5,7,13H,3-4,6H2,(H,15,18)(H,14,16,17). The van der Waals surface area contributed by atoms with E-state index in [-0.39, 0.29) is 11.6 Å². The average Bonchev–Trinajstić information content (AvgIpc) is 2.92. The number of anilines is 1. The van der Waals surface area contributed by atoms with Crippen molar-refractivity contribution < 1.29 is 4.79 Å². The van der Waals surface area contributed by atoms with E-state index >= 15 is 0 Å². The molecule has 1 aliphatic heterocycles. The molecule has 2 aromatic rings. The zero-order valence-electron chi connectivity index (χ0n) is 9.73. The van der Waals surface area contributed by atoms with Gasteiger partial charge in [0.15, 0.2) is 5.69 Å². The number of fused-ring (bicyclic) bond motifs is 1. The summed E-state index contributed by atoms with van der Waals surface area (Å²) >= 11 is 0. The van der Waals surface area contributed by atoms with E-state index in [9.17, 15) is 4.79 Å². The molecule has 0 unspecified atom stereocenters. The third-order valence-electron chi connectivity index (χ3n) is 3.00. The van der Waals surface area contributed by atoms with Gasteiger partial charge in [0.05, 0.1) is 6.20 Å². The lowest BCUT2D eigenvalue weighted by molar-refractivity contribution is 0.102. The molecule has 92 valence electrons. The minimum atomic E-state index is -0.257. The van der Waals surface area contributed by atoms with Gasteiger partial charge in [-0.15, -0.1) is 0 Å². The number of rotatable bonds is 2. The van der Waals surface area contributed by atoms with Crippen molar-refractivity contribution in [2.45, 2.75) is 13.0 Å². The van der Waals surface area contributed by atoms with Crippen LogP contribution >= 0.6 is 0 Å². The number of hydrogen-bond acceptors (Lipinski definition) is 4. The van der Waals surface area contributed by atoms with Crippen LogP contribution in [0.4, 0.5) is 5.69 Å². The molecule has 0 saturated heterocycles. The van der Waals surface area contributed by atoms with E-state index in [0.717, 1.165) is 25.2 Å². The van der Waals surface area contributed by atoms with Crippen LogP contribution in [0, 0.1) is 0 Å². The molecule has 3 rings (SSSR count). The van der Waals surface area contributed by atoms with Crippen LogP contribution in [0.1, 0.15) is 21.6 Å². The maximum atomic E-state index is 11.8. The topological polar surface area (TPSA) is 82.7 Å². The Bertz CT molecular complexity index is 564. The molecule has 0 atom stereocenters. The van der Waals surface area contributed by atoms with Gasteiger partial charge >= 0.3 is 0 Å². The van der Waals surface area contributed by atoms with Gasteiger partial charge < -0.3 is 10.6 Å². The maximum Gasteiger partial charge on any atom is 0.277 e. The summed E-state index contributed by atoms with van der Waals surface area (Å²) in [6.07, 6.45) is 2.43. The number of amides is 1. The van der Waals surface area contributed by atoms with Crippen molar-refractivity contribution in [1.82, 2.24) is 20.7 Å². The number of nitrogens with zero attached hydrogens (tertiary/aromatic N) is 2. The van der Waals surface area contributed by atoms with Crippen LogP contribution < -0.4 is 10.6 Å². The number of carbonyl (C=O) groups excluding carboxylic acids is 1. The van der Waals surface area contributed by atoms with Crippen molar-refractivity contribution in [2.24, 2.45) is 0 Å². The third kappa shape index (κ3) is 2.10. The van der Waals surface area contributed by atoms with E-state index in [4.69, 9.17) is 0 Å². The van der Waals surface area contributed by atoms with E-state index < -0.39 is 0 Å². The first-order valence-electron chi connectivity index (χ1n) is 5.82. The second kappa shape index (κ2) is 4.58. The molecule has 1 aromatic carbocycles. The van der Waals surface area contributed by atoms with E-state index in [2.05, 4.69) is 32.1 Å². The molecule has 18 heavy (non-hydrogen) atoms. The van der Waals surface area contributed by atoms with Crippen molar-refractivity contribution in [3.8, 4) is 0 Å². The summed E-state index contributed by atoms with van der Waals surface area (Å²) in [5, 5.41) is 15.9. The fourth-order valence-corrected chi connectivity index (χ4v) is 2.06. The summed E-state index contributed by atoms with van der Waals surface area (Å²) in [4.78, 5) is 11.8. The monoisotopic (exact) mass is 243 g/mol. The molecular weight excluding hydrogens is 230 g/mol. The molecule has 0 bridgehead atoms. The van der Waals surface area contributed by atoms with Gasteiger partial charge in [0.1, 0.15) is 0 Å². The highest BCUT2D eigenvalue weighted by atomic mass is 16.2. The normalized spacial score (nSPS) is 14.0. The van der Waals surface area contributed by atoms with Crippen LogP contribution in [0.2, 0.25) is 0 Å². The Kier molecular flexibility index (Phi) is 2.77. The molecule has 1 aromatic heterocycles. The minimum absolute atomic E-state index is 0.257. The molecule has 6 nitrogen and oxygen atoms in total. The Morgan fingerprint density at radius 2 is 2.28 bits per heavy atom. The first-order valence-corrected chi connectivity index (χ1v) is 5.82.